The van der Waals surface area contributed by atoms with Crippen molar-refractivity contribution in [1.82, 2.24) is 25.2 Å². The van der Waals surface area contributed by atoms with Crippen LogP contribution in [0.5, 0.6) is 5.75 Å². The van der Waals surface area contributed by atoms with E-state index in [0.29, 0.717) is 19.0 Å². The highest BCUT2D eigenvalue weighted by Crippen LogP contribution is 2.40. The SMILES string of the molecule is COCc1c(OCc2ccc(-c3ccccc3)c(-c3nnn(C(c4ccccc4)(c4ccccc4)c4ccccc4)n3)c2)cc(C)nc1C. The van der Waals surface area contributed by atoms with Crippen molar-refractivity contribution in [3.63, 3.8) is 0 Å². The van der Waals surface area contributed by atoms with Crippen LogP contribution < -0.4 is 4.74 Å². The first-order chi connectivity index (χ1) is 24.1. The maximum atomic E-state index is 6.43. The molecule has 0 atom stereocenters. The minimum absolute atomic E-state index is 0.345. The maximum Gasteiger partial charge on any atom is 0.205 e. The van der Waals surface area contributed by atoms with E-state index < -0.39 is 5.54 Å². The highest BCUT2D eigenvalue weighted by Gasteiger charge is 2.41. The lowest BCUT2D eigenvalue weighted by Crippen LogP contribution is -2.39. The molecule has 0 saturated carbocycles. The molecular weight excluding hydrogens is 606 g/mol. The van der Waals surface area contributed by atoms with Crippen molar-refractivity contribution >= 4 is 0 Å². The Bertz CT molecular complexity index is 2050. The summed E-state index contributed by atoms with van der Waals surface area (Å²) in [6.45, 7) is 4.72. The van der Waals surface area contributed by atoms with E-state index in [1.165, 1.54) is 0 Å². The molecule has 242 valence electrons. The second-order valence-electron chi connectivity index (χ2n) is 12.0. The van der Waals surface area contributed by atoms with E-state index in [9.17, 15) is 0 Å². The molecule has 5 aromatic carbocycles. The Morgan fingerprint density at radius 1 is 0.633 bits per heavy atom. The van der Waals surface area contributed by atoms with Gasteiger partial charge in [-0.3, -0.25) is 4.98 Å². The first-order valence-electron chi connectivity index (χ1n) is 16.3. The number of rotatable bonds is 11. The van der Waals surface area contributed by atoms with E-state index >= 15 is 0 Å². The monoisotopic (exact) mass is 643 g/mol. The number of hydrogen-bond donors (Lipinski definition) is 0. The molecule has 7 rings (SSSR count). The molecule has 0 fully saturated rings. The van der Waals surface area contributed by atoms with Crippen LogP contribution in [-0.4, -0.2) is 32.3 Å². The van der Waals surface area contributed by atoms with Gasteiger partial charge in [-0.25, -0.2) is 0 Å². The molecule has 7 aromatic rings. The Morgan fingerprint density at radius 2 is 1.20 bits per heavy atom. The summed E-state index contributed by atoms with van der Waals surface area (Å²) in [6.07, 6.45) is 0. The normalized spacial score (nSPS) is 11.4. The zero-order chi connectivity index (χ0) is 33.6. The van der Waals surface area contributed by atoms with E-state index in [4.69, 9.17) is 24.9 Å². The number of hydrogen-bond acceptors (Lipinski definition) is 6. The minimum Gasteiger partial charge on any atom is -0.488 e. The van der Waals surface area contributed by atoms with Gasteiger partial charge in [0.1, 0.15) is 12.4 Å². The number of nitrogens with zero attached hydrogens (tertiary/aromatic N) is 5. The predicted octanol–water partition coefficient (Wildman–Crippen LogP) is 8.58. The third-order valence-corrected chi connectivity index (χ3v) is 8.80. The van der Waals surface area contributed by atoms with Crippen molar-refractivity contribution in [3.8, 4) is 28.3 Å². The summed E-state index contributed by atoms with van der Waals surface area (Å²) in [5, 5.41) is 14.8. The van der Waals surface area contributed by atoms with Gasteiger partial charge < -0.3 is 9.47 Å². The van der Waals surface area contributed by atoms with Gasteiger partial charge in [-0.15, -0.1) is 15.0 Å². The van der Waals surface area contributed by atoms with E-state index in [-0.39, 0.29) is 0 Å². The molecule has 7 heteroatoms. The summed E-state index contributed by atoms with van der Waals surface area (Å²) in [6, 6.07) is 49.7. The Morgan fingerprint density at radius 3 is 1.78 bits per heavy atom. The van der Waals surface area contributed by atoms with Crippen LogP contribution in [0, 0.1) is 13.8 Å². The number of tetrazole rings is 1. The summed E-state index contributed by atoms with van der Waals surface area (Å²) < 4.78 is 11.9. The van der Waals surface area contributed by atoms with Gasteiger partial charge in [0.2, 0.25) is 5.82 Å². The molecule has 0 aliphatic rings. The van der Waals surface area contributed by atoms with E-state index in [1.807, 2.05) is 56.3 Å². The molecule has 2 heterocycles. The second kappa shape index (κ2) is 14.1. The second-order valence-corrected chi connectivity index (χ2v) is 12.0. The van der Waals surface area contributed by atoms with E-state index in [2.05, 4.69) is 108 Å². The summed E-state index contributed by atoms with van der Waals surface area (Å²) >= 11 is 0. The van der Waals surface area contributed by atoms with E-state index in [1.54, 1.807) is 11.9 Å². The van der Waals surface area contributed by atoms with Crippen molar-refractivity contribution < 1.29 is 9.47 Å². The van der Waals surface area contributed by atoms with Gasteiger partial charge in [0.05, 0.1) is 6.61 Å². The third kappa shape index (κ3) is 6.24. The fourth-order valence-electron chi connectivity index (χ4n) is 6.51. The van der Waals surface area contributed by atoms with Crippen LogP contribution in [0.2, 0.25) is 0 Å². The van der Waals surface area contributed by atoms with Gasteiger partial charge in [-0.05, 0) is 58.5 Å². The summed E-state index contributed by atoms with van der Waals surface area (Å²) in [7, 11) is 1.68. The molecule has 0 spiro atoms. The summed E-state index contributed by atoms with van der Waals surface area (Å²) in [4.78, 5) is 6.37. The Hall–Kier alpha value is -5.92. The molecule has 7 nitrogen and oxygen atoms in total. The van der Waals surface area contributed by atoms with Crippen LogP contribution in [0.25, 0.3) is 22.5 Å². The van der Waals surface area contributed by atoms with Crippen LogP contribution >= 0.6 is 0 Å². The molecule has 0 unspecified atom stereocenters. The van der Waals surface area contributed by atoms with Crippen molar-refractivity contribution in [3.05, 3.63) is 185 Å². The minimum atomic E-state index is -0.878. The van der Waals surface area contributed by atoms with Gasteiger partial charge in [0.25, 0.3) is 0 Å². The lowest BCUT2D eigenvalue weighted by molar-refractivity contribution is 0.178. The Kier molecular flexibility index (Phi) is 9.08. The van der Waals surface area contributed by atoms with Crippen molar-refractivity contribution in [2.75, 3.05) is 7.11 Å². The van der Waals surface area contributed by atoms with Gasteiger partial charge in [-0.2, -0.15) is 0 Å². The van der Waals surface area contributed by atoms with Crippen LogP contribution in [0.15, 0.2) is 146 Å². The smallest absolute Gasteiger partial charge is 0.205 e. The zero-order valence-electron chi connectivity index (χ0n) is 27.8. The number of benzene rings is 5. The van der Waals surface area contributed by atoms with Gasteiger partial charge >= 0.3 is 0 Å². The highest BCUT2D eigenvalue weighted by molar-refractivity contribution is 5.81. The molecule has 0 amide bonds. The average Bonchev–Trinajstić information content (AvgIpc) is 3.64. The number of ether oxygens (including phenoxy) is 2. The number of methoxy groups -OCH3 is 1. The third-order valence-electron chi connectivity index (χ3n) is 8.80. The van der Waals surface area contributed by atoms with Gasteiger partial charge in [-0.1, -0.05) is 133 Å². The molecule has 0 aliphatic heterocycles. The number of aromatic nitrogens is 5. The Labute approximate surface area is 286 Å². The average molecular weight is 644 g/mol. The number of aryl methyl sites for hydroxylation is 2. The standard InChI is InChI=1S/C42H37N5O2/c1-30-26-40(39(29-48-3)31(2)43-30)49-28-32-24-25-37(33-16-8-4-9-17-33)38(27-32)41-44-46-47(45-41)42(34-18-10-5-11-19-34,35-20-12-6-13-21-35)36-22-14-7-15-23-36/h4-27H,28-29H2,1-3H3. The zero-order valence-corrected chi connectivity index (χ0v) is 27.8. The largest absolute Gasteiger partial charge is 0.488 e. The Balaban J connectivity index is 1.37. The molecule has 0 saturated heterocycles. The van der Waals surface area contributed by atoms with Gasteiger partial charge in [0, 0.05) is 35.7 Å². The van der Waals surface area contributed by atoms with Crippen molar-refractivity contribution in [2.45, 2.75) is 32.6 Å². The van der Waals surface area contributed by atoms with Crippen molar-refractivity contribution in [1.29, 1.82) is 0 Å². The molecule has 0 N–H and O–H groups in total. The fraction of sp³-hybridized carbons (Fsp3) is 0.143. The maximum absolute atomic E-state index is 6.43. The first-order valence-corrected chi connectivity index (χ1v) is 16.3. The fourth-order valence-corrected chi connectivity index (χ4v) is 6.51. The van der Waals surface area contributed by atoms with Crippen LogP contribution in [0.3, 0.4) is 0 Å². The topological polar surface area (TPSA) is 75.0 Å². The quantitative estimate of drug-likeness (QED) is 0.132. The van der Waals surface area contributed by atoms with Gasteiger partial charge in [0.15, 0.2) is 5.54 Å². The molecule has 49 heavy (non-hydrogen) atoms. The lowest BCUT2D eigenvalue weighted by atomic mass is 9.77. The predicted molar refractivity (Wildman–Crippen MR) is 192 cm³/mol. The van der Waals surface area contributed by atoms with Crippen LogP contribution in [0.4, 0.5) is 0 Å². The van der Waals surface area contributed by atoms with Crippen LogP contribution in [-0.2, 0) is 23.5 Å². The highest BCUT2D eigenvalue weighted by atomic mass is 16.5. The molecule has 0 bridgehead atoms. The molecule has 0 radical (unpaired) electrons. The summed E-state index contributed by atoms with van der Waals surface area (Å²) in [5.74, 6) is 1.28. The van der Waals surface area contributed by atoms with Crippen LogP contribution in [0.1, 0.15) is 39.2 Å². The van der Waals surface area contributed by atoms with Crippen molar-refractivity contribution in [2.24, 2.45) is 0 Å². The molecule has 0 aliphatic carbocycles. The summed E-state index contributed by atoms with van der Waals surface area (Å²) in [5.41, 5.74) is 8.83. The first kappa shape index (κ1) is 31.7. The molecular formula is C42H37N5O2. The van der Waals surface area contributed by atoms with E-state index in [0.717, 1.165) is 61.6 Å². The molecule has 2 aromatic heterocycles. The lowest BCUT2D eigenvalue weighted by Gasteiger charge is -2.34. The number of pyridine rings is 1.